The largest absolute Gasteiger partial charge is 0.271 e. The van der Waals surface area contributed by atoms with Crippen molar-refractivity contribution in [1.82, 2.24) is 9.29 Å². The van der Waals surface area contributed by atoms with E-state index < -0.39 is 16.1 Å². The number of nitrogens with zero attached hydrogens (tertiary/aromatic N) is 2. The van der Waals surface area contributed by atoms with Gasteiger partial charge in [0, 0.05) is 24.0 Å². The lowest BCUT2D eigenvalue weighted by Gasteiger charge is -2.25. The number of benzene rings is 2. The lowest BCUT2D eigenvalue weighted by Crippen LogP contribution is -2.29. The first-order chi connectivity index (χ1) is 12.6. The standard InChI is InChI=1S/C21H18N2O2S/c1-18(20-10-4-2-5-11-20)23(16-14-19-9-8-15-22-17-19)26(24,25)21-12-6-3-7-13-21/h2-13,15,17-18H,1H3. The molecular weight excluding hydrogens is 344 g/mol. The molecule has 0 N–H and O–H groups in total. The van der Waals surface area contributed by atoms with Crippen LogP contribution in [-0.2, 0) is 10.0 Å². The highest BCUT2D eigenvalue weighted by molar-refractivity contribution is 7.89. The predicted octanol–water partition coefficient (Wildman–Crippen LogP) is 3.84. The molecule has 1 unspecified atom stereocenters. The van der Waals surface area contributed by atoms with Crippen LogP contribution in [0.2, 0.25) is 0 Å². The van der Waals surface area contributed by atoms with Crippen molar-refractivity contribution in [1.29, 1.82) is 0 Å². The lowest BCUT2D eigenvalue weighted by molar-refractivity contribution is 0.447. The van der Waals surface area contributed by atoms with Gasteiger partial charge >= 0.3 is 0 Å². The number of sulfonamides is 1. The smallest absolute Gasteiger partial charge is 0.263 e. The van der Waals surface area contributed by atoms with Crippen molar-refractivity contribution in [3.05, 3.63) is 96.3 Å². The van der Waals surface area contributed by atoms with Gasteiger partial charge in [-0.25, -0.2) is 12.7 Å². The van der Waals surface area contributed by atoms with Gasteiger partial charge in [0.1, 0.15) is 0 Å². The molecule has 3 rings (SSSR count). The minimum atomic E-state index is -3.78. The topological polar surface area (TPSA) is 50.3 Å². The Labute approximate surface area is 154 Å². The van der Waals surface area contributed by atoms with Crippen LogP contribution in [0.5, 0.6) is 0 Å². The van der Waals surface area contributed by atoms with E-state index in [1.165, 1.54) is 4.31 Å². The molecule has 0 fully saturated rings. The van der Waals surface area contributed by atoms with Crippen molar-refractivity contribution in [3.63, 3.8) is 0 Å². The molecule has 0 spiro atoms. The van der Waals surface area contributed by atoms with E-state index in [4.69, 9.17) is 0 Å². The molecule has 0 aliphatic heterocycles. The Morgan fingerprint density at radius 3 is 2.19 bits per heavy atom. The fourth-order valence-corrected chi connectivity index (χ4v) is 3.93. The van der Waals surface area contributed by atoms with Crippen molar-refractivity contribution >= 4 is 10.0 Å². The molecule has 0 amide bonds. The normalized spacial score (nSPS) is 11.9. The molecule has 1 atom stereocenters. The fourth-order valence-electron chi connectivity index (χ4n) is 2.49. The monoisotopic (exact) mass is 362 g/mol. The van der Waals surface area contributed by atoms with E-state index in [2.05, 4.69) is 16.9 Å². The second-order valence-corrected chi connectivity index (χ2v) is 7.49. The fraction of sp³-hybridized carbons (Fsp3) is 0.0952. The first kappa shape index (κ1) is 17.7. The summed E-state index contributed by atoms with van der Waals surface area (Å²) in [6, 6.07) is 23.7. The minimum Gasteiger partial charge on any atom is -0.263 e. The maximum Gasteiger partial charge on any atom is 0.271 e. The molecular formula is C21H18N2O2S. The summed E-state index contributed by atoms with van der Waals surface area (Å²) in [6.45, 7) is 1.83. The Bertz CT molecular complexity index is 1010. The van der Waals surface area contributed by atoms with Gasteiger partial charge in [-0.1, -0.05) is 48.5 Å². The van der Waals surface area contributed by atoms with Gasteiger partial charge in [0.25, 0.3) is 10.0 Å². The zero-order valence-electron chi connectivity index (χ0n) is 14.3. The summed E-state index contributed by atoms with van der Waals surface area (Å²) in [5, 5.41) is 0. The second kappa shape index (κ2) is 7.85. The van der Waals surface area contributed by atoms with Gasteiger partial charge in [-0.05, 0) is 42.7 Å². The van der Waals surface area contributed by atoms with Crippen LogP contribution < -0.4 is 0 Å². The van der Waals surface area contributed by atoms with E-state index in [0.29, 0.717) is 5.56 Å². The van der Waals surface area contributed by atoms with E-state index in [9.17, 15) is 8.42 Å². The Morgan fingerprint density at radius 1 is 0.923 bits per heavy atom. The molecule has 130 valence electrons. The summed E-state index contributed by atoms with van der Waals surface area (Å²) >= 11 is 0. The molecule has 26 heavy (non-hydrogen) atoms. The Hall–Kier alpha value is -3.10. The first-order valence-corrected chi connectivity index (χ1v) is 9.59. The van der Waals surface area contributed by atoms with Crippen LogP contribution in [0.15, 0.2) is 90.1 Å². The summed E-state index contributed by atoms with van der Waals surface area (Å²) in [7, 11) is -3.78. The zero-order chi connectivity index (χ0) is 18.4. The SMILES string of the molecule is CC(c1ccccc1)N(C#Cc1cccnc1)S(=O)(=O)c1ccccc1. The Kier molecular flexibility index (Phi) is 5.35. The molecule has 0 saturated carbocycles. The quantitative estimate of drug-likeness (QED) is 0.523. The minimum absolute atomic E-state index is 0.211. The van der Waals surface area contributed by atoms with E-state index in [1.54, 1.807) is 54.9 Å². The molecule has 5 heteroatoms. The molecule has 0 aliphatic carbocycles. The van der Waals surface area contributed by atoms with Crippen LogP contribution in [0.1, 0.15) is 24.1 Å². The van der Waals surface area contributed by atoms with Gasteiger partial charge < -0.3 is 0 Å². The third-order valence-electron chi connectivity index (χ3n) is 3.91. The summed E-state index contributed by atoms with van der Waals surface area (Å²) in [4.78, 5) is 4.23. The van der Waals surface area contributed by atoms with E-state index in [0.717, 1.165) is 5.56 Å². The van der Waals surface area contributed by atoms with Gasteiger partial charge in [-0.2, -0.15) is 0 Å². The molecule has 3 aromatic rings. The summed E-state index contributed by atoms with van der Waals surface area (Å²) in [6.07, 6.45) is 3.25. The average molecular weight is 362 g/mol. The molecule has 4 nitrogen and oxygen atoms in total. The van der Waals surface area contributed by atoms with Gasteiger partial charge in [0.15, 0.2) is 0 Å². The molecule has 1 heterocycles. The highest BCUT2D eigenvalue weighted by atomic mass is 32.2. The zero-order valence-corrected chi connectivity index (χ0v) is 15.1. The Balaban J connectivity index is 2.06. The summed E-state index contributed by atoms with van der Waals surface area (Å²) < 4.78 is 27.6. The molecule has 1 aromatic heterocycles. The molecule has 0 bridgehead atoms. The van der Waals surface area contributed by atoms with E-state index >= 15 is 0 Å². The van der Waals surface area contributed by atoms with Crippen molar-refractivity contribution in [2.24, 2.45) is 0 Å². The molecule has 0 radical (unpaired) electrons. The van der Waals surface area contributed by atoms with Crippen molar-refractivity contribution < 1.29 is 8.42 Å². The lowest BCUT2D eigenvalue weighted by atomic mass is 10.1. The molecule has 0 saturated heterocycles. The maximum absolute atomic E-state index is 13.2. The van der Waals surface area contributed by atoms with Gasteiger partial charge in [-0.15, -0.1) is 0 Å². The van der Waals surface area contributed by atoms with Crippen molar-refractivity contribution in [2.45, 2.75) is 17.9 Å². The average Bonchev–Trinajstić information content (AvgIpc) is 2.70. The molecule has 0 aliphatic rings. The van der Waals surface area contributed by atoms with Gasteiger partial charge in [-0.3, -0.25) is 4.98 Å². The van der Waals surface area contributed by atoms with Crippen LogP contribution in [0.4, 0.5) is 0 Å². The molecule has 2 aromatic carbocycles. The van der Waals surface area contributed by atoms with Crippen LogP contribution >= 0.6 is 0 Å². The number of rotatable bonds is 4. The first-order valence-electron chi connectivity index (χ1n) is 8.15. The van der Waals surface area contributed by atoms with E-state index in [-0.39, 0.29) is 4.90 Å². The predicted molar refractivity (Wildman–Crippen MR) is 101 cm³/mol. The van der Waals surface area contributed by atoms with Crippen LogP contribution in [0.25, 0.3) is 0 Å². The Morgan fingerprint density at radius 2 is 1.58 bits per heavy atom. The third kappa shape index (κ3) is 3.93. The van der Waals surface area contributed by atoms with Gasteiger partial charge in [0.2, 0.25) is 0 Å². The second-order valence-electron chi connectivity index (χ2n) is 5.68. The van der Waals surface area contributed by atoms with Crippen LogP contribution in [0.3, 0.4) is 0 Å². The third-order valence-corrected chi connectivity index (χ3v) is 5.70. The summed E-state index contributed by atoms with van der Waals surface area (Å²) in [5.41, 5.74) is 1.52. The van der Waals surface area contributed by atoms with E-state index in [1.807, 2.05) is 37.3 Å². The highest BCUT2D eigenvalue weighted by Crippen LogP contribution is 2.26. The summed E-state index contributed by atoms with van der Waals surface area (Å²) in [5.74, 6) is 2.91. The van der Waals surface area contributed by atoms with Crippen molar-refractivity contribution in [3.8, 4) is 12.0 Å². The number of aromatic nitrogens is 1. The highest BCUT2D eigenvalue weighted by Gasteiger charge is 2.27. The maximum atomic E-state index is 13.2. The number of pyridine rings is 1. The number of hydrogen-bond acceptors (Lipinski definition) is 3. The van der Waals surface area contributed by atoms with Crippen LogP contribution in [-0.4, -0.2) is 17.7 Å². The van der Waals surface area contributed by atoms with Crippen LogP contribution in [0, 0.1) is 12.0 Å². The van der Waals surface area contributed by atoms with Crippen molar-refractivity contribution in [2.75, 3.05) is 0 Å². The van der Waals surface area contributed by atoms with Gasteiger partial charge in [0.05, 0.1) is 10.9 Å². The number of hydrogen-bond donors (Lipinski definition) is 0.